The molecule has 2 amide bonds. The molecule has 1 fully saturated rings. The number of nitrogens with one attached hydrogen (secondary N) is 1. The number of imide groups is 1. The Morgan fingerprint density at radius 2 is 1.88 bits per heavy atom. The number of hydrogen-bond donors (Lipinski definition) is 1. The minimum atomic E-state index is -0.352. The second-order valence-electron chi connectivity index (χ2n) is 4.51. The van der Waals surface area contributed by atoms with Gasteiger partial charge in [0.2, 0.25) is 5.91 Å². The minimum Gasteiger partial charge on any atom is -0.286 e. The van der Waals surface area contributed by atoms with E-state index in [2.05, 4.69) is 17.4 Å². The summed E-state index contributed by atoms with van der Waals surface area (Å²) in [5.74, 6) is -0.184. The van der Waals surface area contributed by atoms with Crippen molar-refractivity contribution in [2.24, 2.45) is 0 Å². The molecule has 2 aliphatic rings. The lowest BCUT2D eigenvalue weighted by Gasteiger charge is -2.17. The lowest BCUT2D eigenvalue weighted by molar-refractivity contribution is -0.119. The van der Waals surface area contributed by atoms with E-state index in [0.29, 0.717) is 0 Å². The lowest BCUT2D eigenvalue weighted by Crippen LogP contribution is -2.20. The molecule has 0 bridgehead atoms. The molecule has 1 heterocycles. The molecule has 1 aromatic carbocycles. The van der Waals surface area contributed by atoms with E-state index in [1.807, 2.05) is 6.07 Å². The Morgan fingerprint density at radius 3 is 2.59 bits per heavy atom. The predicted octanol–water partition coefficient (Wildman–Crippen LogP) is 2.59. The third kappa shape index (κ3) is 1.97. The summed E-state index contributed by atoms with van der Waals surface area (Å²) in [5, 5.41) is 1.74. The molecule has 4 heteroatoms. The van der Waals surface area contributed by atoms with E-state index in [4.69, 9.17) is 0 Å². The molecule has 0 radical (unpaired) electrons. The molecule has 3 rings (SSSR count). The Bertz CT molecular complexity index is 498. The van der Waals surface area contributed by atoms with Gasteiger partial charge in [-0.3, -0.25) is 14.9 Å². The fourth-order valence-corrected chi connectivity index (χ4v) is 3.31. The second-order valence-corrected chi connectivity index (χ2v) is 5.59. The maximum absolute atomic E-state index is 11.6. The van der Waals surface area contributed by atoms with Crippen LogP contribution in [0.25, 0.3) is 0 Å². The van der Waals surface area contributed by atoms with E-state index in [0.717, 1.165) is 30.2 Å². The van der Waals surface area contributed by atoms with Crippen LogP contribution in [0.1, 0.15) is 34.8 Å². The van der Waals surface area contributed by atoms with Crippen molar-refractivity contribution in [2.75, 3.05) is 0 Å². The first-order valence-electron chi connectivity index (χ1n) is 5.87. The smallest absolute Gasteiger partial charge is 0.286 e. The summed E-state index contributed by atoms with van der Waals surface area (Å²) in [6.07, 6.45) is 4.71. The third-order valence-electron chi connectivity index (χ3n) is 3.36. The van der Waals surface area contributed by atoms with E-state index < -0.39 is 0 Å². The van der Waals surface area contributed by atoms with Gasteiger partial charge in [-0.25, -0.2) is 0 Å². The van der Waals surface area contributed by atoms with Gasteiger partial charge in [0, 0.05) is 0 Å². The highest BCUT2D eigenvalue weighted by molar-refractivity contribution is 8.15. The van der Waals surface area contributed by atoms with Crippen LogP contribution in [0.3, 0.4) is 0 Å². The normalized spacial score (nSPS) is 23.4. The van der Waals surface area contributed by atoms with E-state index >= 15 is 0 Å². The third-order valence-corrected chi connectivity index (χ3v) is 4.40. The van der Waals surface area contributed by atoms with Crippen LogP contribution in [0.2, 0.25) is 0 Å². The SMILES string of the molecule is O=C1NC(=O)C(c2ccc3c(c2)CCCC3)S1. The van der Waals surface area contributed by atoms with Gasteiger partial charge in [0.05, 0.1) is 0 Å². The fourth-order valence-electron chi connectivity index (χ4n) is 2.49. The van der Waals surface area contributed by atoms with Crippen molar-refractivity contribution in [3.8, 4) is 0 Å². The van der Waals surface area contributed by atoms with Crippen molar-refractivity contribution in [1.82, 2.24) is 5.32 Å². The molecule has 3 nitrogen and oxygen atoms in total. The van der Waals surface area contributed by atoms with Crippen molar-refractivity contribution in [1.29, 1.82) is 0 Å². The summed E-state index contributed by atoms with van der Waals surface area (Å²) in [5.41, 5.74) is 3.70. The van der Waals surface area contributed by atoms with Gasteiger partial charge in [-0.05, 0) is 54.1 Å². The quantitative estimate of drug-likeness (QED) is 0.829. The van der Waals surface area contributed by atoms with Crippen molar-refractivity contribution in [3.05, 3.63) is 34.9 Å². The molecule has 1 atom stereocenters. The van der Waals surface area contributed by atoms with E-state index in [1.165, 1.54) is 24.0 Å². The summed E-state index contributed by atoms with van der Waals surface area (Å²) in [6.45, 7) is 0. The average molecular weight is 247 g/mol. The molecule has 1 aliphatic carbocycles. The van der Waals surface area contributed by atoms with Gasteiger partial charge in [0.1, 0.15) is 5.25 Å². The zero-order valence-electron chi connectivity index (χ0n) is 9.36. The number of carbonyl (C=O) groups excluding carboxylic acids is 2. The van der Waals surface area contributed by atoms with Crippen molar-refractivity contribution < 1.29 is 9.59 Å². The standard InChI is InChI=1S/C13H13NO2S/c15-12-11(17-13(16)14-12)10-6-5-8-3-1-2-4-9(8)7-10/h5-7,11H,1-4H2,(H,14,15,16). The zero-order chi connectivity index (χ0) is 11.8. The molecule has 17 heavy (non-hydrogen) atoms. The largest absolute Gasteiger partial charge is 0.286 e. The highest BCUT2D eigenvalue weighted by atomic mass is 32.2. The first kappa shape index (κ1) is 10.8. The monoisotopic (exact) mass is 247 g/mol. The van der Waals surface area contributed by atoms with Crippen molar-refractivity contribution in [3.63, 3.8) is 0 Å². The summed E-state index contributed by atoms with van der Waals surface area (Å²) < 4.78 is 0. The number of aryl methyl sites for hydroxylation is 2. The Kier molecular flexibility index (Phi) is 2.67. The van der Waals surface area contributed by atoms with Gasteiger partial charge >= 0.3 is 0 Å². The molecule has 1 saturated heterocycles. The minimum absolute atomic E-state index is 0.184. The van der Waals surface area contributed by atoms with Crippen LogP contribution in [0.4, 0.5) is 4.79 Å². The molecule has 0 saturated carbocycles. The number of thioether (sulfide) groups is 1. The highest BCUT2D eigenvalue weighted by Crippen LogP contribution is 2.35. The maximum atomic E-state index is 11.6. The molecule has 1 unspecified atom stereocenters. The summed E-state index contributed by atoms with van der Waals surface area (Å²) in [6, 6.07) is 6.20. The van der Waals surface area contributed by atoms with Gasteiger partial charge < -0.3 is 0 Å². The molecular weight excluding hydrogens is 234 g/mol. The molecule has 1 N–H and O–H groups in total. The number of benzene rings is 1. The molecule has 0 aromatic heterocycles. The topological polar surface area (TPSA) is 46.2 Å². The van der Waals surface area contributed by atoms with Crippen LogP contribution in [0, 0.1) is 0 Å². The van der Waals surface area contributed by atoms with Crippen molar-refractivity contribution in [2.45, 2.75) is 30.9 Å². The van der Waals surface area contributed by atoms with Gasteiger partial charge in [0.15, 0.2) is 0 Å². The number of hydrogen-bond acceptors (Lipinski definition) is 3. The van der Waals surface area contributed by atoms with E-state index in [1.54, 1.807) is 0 Å². The molecule has 88 valence electrons. The number of fused-ring (bicyclic) bond motifs is 1. The average Bonchev–Trinajstić information content (AvgIpc) is 2.68. The maximum Gasteiger partial charge on any atom is 0.286 e. The van der Waals surface area contributed by atoms with Crippen LogP contribution in [-0.2, 0) is 17.6 Å². The summed E-state index contributed by atoms with van der Waals surface area (Å²) in [7, 11) is 0. The van der Waals surface area contributed by atoms with E-state index in [-0.39, 0.29) is 16.4 Å². The highest BCUT2D eigenvalue weighted by Gasteiger charge is 2.33. The first-order chi connectivity index (χ1) is 8.24. The predicted molar refractivity (Wildman–Crippen MR) is 67.0 cm³/mol. The number of carbonyl (C=O) groups is 2. The van der Waals surface area contributed by atoms with Crippen LogP contribution < -0.4 is 5.32 Å². The zero-order valence-corrected chi connectivity index (χ0v) is 10.2. The molecule has 0 spiro atoms. The Hall–Kier alpha value is -1.29. The van der Waals surface area contributed by atoms with Gasteiger partial charge in [0.25, 0.3) is 5.24 Å². The molecular formula is C13H13NO2S. The Labute approximate surface area is 104 Å². The second kappa shape index (κ2) is 4.18. The van der Waals surface area contributed by atoms with Crippen LogP contribution in [0.15, 0.2) is 18.2 Å². The number of rotatable bonds is 1. The van der Waals surface area contributed by atoms with Crippen LogP contribution in [-0.4, -0.2) is 11.1 Å². The molecule has 1 aromatic rings. The van der Waals surface area contributed by atoms with Gasteiger partial charge in [-0.1, -0.05) is 18.2 Å². The van der Waals surface area contributed by atoms with Gasteiger partial charge in [-0.15, -0.1) is 0 Å². The lowest BCUT2D eigenvalue weighted by atomic mass is 9.90. The Balaban J connectivity index is 1.93. The Morgan fingerprint density at radius 1 is 1.12 bits per heavy atom. The van der Waals surface area contributed by atoms with E-state index in [9.17, 15) is 9.59 Å². The van der Waals surface area contributed by atoms with Gasteiger partial charge in [-0.2, -0.15) is 0 Å². The van der Waals surface area contributed by atoms with Crippen LogP contribution >= 0.6 is 11.8 Å². The number of amides is 2. The summed E-state index contributed by atoms with van der Waals surface area (Å²) >= 11 is 1.08. The van der Waals surface area contributed by atoms with Crippen molar-refractivity contribution >= 4 is 22.9 Å². The van der Waals surface area contributed by atoms with Crippen LogP contribution in [0.5, 0.6) is 0 Å². The fraction of sp³-hybridized carbons (Fsp3) is 0.385. The summed E-state index contributed by atoms with van der Waals surface area (Å²) in [4.78, 5) is 22.8. The molecule has 1 aliphatic heterocycles. The first-order valence-corrected chi connectivity index (χ1v) is 6.75.